The summed E-state index contributed by atoms with van der Waals surface area (Å²) < 4.78 is 0. The van der Waals surface area contributed by atoms with Crippen LogP contribution in [0.1, 0.15) is 17.2 Å². The lowest BCUT2D eigenvalue weighted by atomic mass is 9.96. The quantitative estimate of drug-likeness (QED) is 0.621. The lowest BCUT2D eigenvalue weighted by molar-refractivity contribution is 0.221. The van der Waals surface area contributed by atoms with Gasteiger partial charge in [0.25, 0.3) is 0 Å². The van der Waals surface area contributed by atoms with Crippen molar-refractivity contribution in [2.24, 2.45) is 0 Å². The van der Waals surface area contributed by atoms with E-state index in [4.69, 9.17) is 34.8 Å². The number of aromatic nitrogens is 1. The Morgan fingerprint density at radius 3 is 2.14 bits per heavy atom. The summed E-state index contributed by atoms with van der Waals surface area (Å²) in [7, 11) is 0. The van der Waals surface area contributed by atoms with Crippen molar-refractivity contribution < 1.29 is 5.11 Å². The van der Waals surface area contributed by atoms with Crippen LogP contribution in [0.2, 0.25) is 15.1 Å². The molecule has 0 amide bonds. The molecule has 0 unspecified atom stereocenters. The largest absolute Gasteiger partial charge is 0.384 e. The van der Waals surface area contributed by atoms with E-state index >= 15 is 0 Å². The van der Waals surface area contributed by atoms with Gasteiger partial charge in [-0.05, 0) is 29.8 Å². The Morgan fingerprint density at radius 1 is 0.864 bits per heavy atom. The molecule has 0 aliphatic rings. The van der Waals surface area contributed by atoms with Crippen LogP contribution < -0.4 is 0 Å². The van der Waals surface area contributed by atoms with E-state index < -0.39 is 6.10 Å². The molecule has 22 heavy (non-hydrogen) atoms. The van der Waals surface area contributed by atoms with Gasteiger partial charge in [-0.25, -0.2) is 0 Å². The summed E-state index contributed by atoms with van der Waals surface area (Å²) in [6.45, 7) is 0. The molecular formula is C17H12Cl3NO. The third-order valence-corrected chi connectivity index (χ3v) is 4.37. The molecule has 1 heterocycles. The van der Waals surface area contributed by atoms with Crippen molar-refractivity contribution in [3.05, 3.63) is 81.1 Å². The van der Waals surface area contributed by atoms with Gasteiger partial charge in [0.2, 0.25) is 0 Å². The summed E-state index contributed by atoms with van der Waals surface area (Å²) >= 11 is 18.4. The van der Waals surface area contributed by atoms with Gasteiger partial charge < -0.3 is 10.1 Å². The van der Waals surface area contributed by atoms with Crippen LogP contribution in [0.25, 0.3) is 11.1 Å². The minimum absolute atomic E-state index is 0.539. The zero-order valence-electron chi connectivity index (χ0n) is 11.4. The molecule has 0 bridgehead atoms. The molecule has 0 saturated carbocycles. The van der Waals surface area contributed by atoms with Crippen molar-refractivity contribution in [1.29, 1.82) is 0 Å². The minimum Gasteiger partial charge on any atom is -0.384 e. The van der Waals surface area contributed by atoms with Crippen molar-refractivity contribution in [2.75, 3.05) is 0 Å². The maximum Gasteiger partial charge on any atom is 0.106 e. The van der Waals surface area contributed by atoms with Gasteiger partial charge in [0, 0.05) is 44.2 Å². The van der Waals surface area contributed by atoms with Crippen LogP contribution in [0.3, 0.4) is 0 Å². The Labute approximate surface area is 143 Å². The molecule has 1 atom stereocenters. The maximum absolute atomic E-state index is 10.6. The molecule has 112 valence electrons. The second-order valence-corrected chi connectivity index (χ2v) is 6.13. The third-order valence-electron chi connectivity index (χ3n) is 3.49. The highest BCUT2D eigenvalue weighted by atomic mass is 35.5. The summed E-state index contributed by atoms with van der Waals surface area (Å²) in [6.07, 6.45) is 2.72. The first-order valence-corrected chi connectivity index (χ1v) is 7.76. The molecule has 2 nitrogen and oxygen atoms in total. The van der Waals surface area contributed by atoms with Crippen molar-refractivity contribution >= 4 is 34.8 Å². The van der Waals surface area contributed by atoms with Crippen LogP contribution in [-0.2, 0) is 0 Å². The van der Waals surface area contributed by atoms with Gasteiger partial charge in [0.05, 0.1) is 0 Å². The molecular weight excluding hydrogens is 341 g/mol. The van der Waals surface area contributed by atoms with Crippen LogP contribution in [0, 0.1) is 0 Å². The van der Waals surface area contributed by atoms with Crippen LogP contribution in [0.5, 0.6) is 0 Å². The molecule has 0 aliphatic carbocycles. The van der Waals surface area contributed by atoms with Gasteiger partial charge in [-0.1, -0.05) is 53.0 Å². The Bertz CT molecular complexity index is 776. The zero-order chi connectivity index (χ0) is 15.7. The molecule has 0 saturated heterocycles. The summed E-state index contributed by atoms with van der Waals surface area (Å²) in [5.74, 6) is 0. The fraction of sp³-hybridized carbons (Fsp3) is 0.0588. The van der Waals surface area contributed by atoms with Crippen LogP contribution in [-0.4, -0.2) is 10.1 Å². The average Bonchev–Trinajstić information content (AvgIpc) is 2.96. The summed E-state index contributed by atoms with van der Waals surface area (Å²) in [5, 5.41) is 12.3. The third kappa shape index (κ3) is 2.88. The molecule has 3 rings (SSSR count). The van der Waals surface area contributed by atoms with Gasteiger partial charge in [-0.15, -0.1) is 0 Å². The van der Waals surface area contributed by atoms with E-state index in [1.54, 1.807) is 54.9 Å². The second-order valence-electron chi connectivity index (χ2n) is 4.88. The summed E-state index contributed by atoms with van der Waals surface area (Å²) in [6, 6.07) is 12.4. The predicted molar refractivity (Wildman–Crippen MR) is 91.8 cm³/mol. The molecule has 1 aromatic heterocycles. The Morgan fingerprint density at radius 2 is 1.50 bits per heavy atom. The van der Waals surface area contributed by atoms with E-state index in [1.165, 1.54) is 0 Å². The van der Waals surface area contributed by atoms with Gasteiger partial charge in [0.1, 0.15) is 6.10 Å². The van der Waals surface area contributed by atoms with E-state index in [1.807, 2.05) is 0 Å². The summed E-state index contributed by atoms with van der Waals surface area (Å²) in [4.78, 5) is 3.01. The number of halogens is 3. The number of H-pyrrole nitrogens is 1. The number of aliphatic hydroxyl groups excluding tert-OH is 1. The average molecular weight is 353 g/mol. The van der Waals surface area contributed by atoms with E-state index in [9.17, 15) is 5.11 Å². The van der Waals surface area contributed by atoms with Crippen molar-refractivity contribution in [3.8, 4) is 11.1 Å². The van der Waals surface area contributed by atoms with Crippen LogP contribution in [0.4, 0.5) is 0 Å². The van der Waals surface area contributed by atoms with Crippen LogP contribution in [0.15, 0.2) is 54.9 Å². The van der Waals surface area contributed by atoms with E-state index in [0.29, 0.717) is 26.2 Å². The number of hydrogen-bond donors (Lipinski definition) is 2. The van der Waals surface area contributed by atoms with Crippen LogP contribution >= 0.6 is 34.8 Å². The van der Waals surface area contributed by atoms with E-state index in [0.717, 1.165) is 11.1 Å². The molecule has 5 heteroatoms. The number of benzene rings is 2. The number of aromatic amines is 1. The van der Waals surface area contributed by atoms with Crippen molar-refractivity contribution in [1.82, 2.24) is 4.98 Å². The van der Waals surface area contributed by atoms with Gasteiger partial charge in [0.15, 0.2) is 0 Å². The second kappa shape index (κ2) is 6.35. The fourth-order valence-electron chi connectivity index (χ4n) is 2.40. The highest BCUT2D eigenvalue weighted by molar-refractivity contribution is 6.39. The number of rotatable bonds is 3. The highest BCUT2D eigenvalue weighted by Crippen LogP contribution is 2.39. The predicted octanol–water partition coefficient (Wildman–Crippen LogP) is 5.72. The van der Waals surface area contributed by atoms with Gasteiger partial charge in [-0.3, -0.25) is 0 Å². The number of nitrogens with one attached hydrogen (secondary N) is 1. The molecule has 0 fully saturated rings. The van der Waals surface area contributed by atoms with Gasteiger partial charge in [-0.2, -0.15) is 0 Å². The van der Waals surface area contributed by atoms with E-state index in [-0.39, 0.29) is 0 Å². The first-order chi connectivity index (χ1) is 10.6. The van der Waals surface area contributed by atoms with Crippen molar-refractivity contribution in [2.45, 2.75) is 6.10 Å². The fourth-order valence-corrected chi connectivity index (χ4v) is 3.13. The minimum atomic E-state index is -0.800. The summed E-state index contributed by atoms with van der Waals surface area (Å²) in [5.41, 5.74) is 2.93. The van der Waals surface area contributed by atoms with Gasteiger partial charge >= 0.3 is 0 Å². The molecule has 3 aromatic rings. The zero-order valence-corrected chi connectivity index (χ0v) is 13.6. The Kier molecular flexibility index (Phi) is 4.46. The molecule has 0 aliphatic heterocycles. The molecule has 2 aromatic carbocycles. The lowest BCUT2D eigenvalue weighted by Crippen LogP contribution is -2.00. The maximum atomic E-state index is 10.6. The standard InChI is InChI=1S/C17H12Cl3NO/c18-11-6-4-10(5-7-11)17(22)13-9-21-8-12(13)16-14(19)2-1-3-15(16)20/h1-9,17,21-22H/t17-/m1/s1. The first kappa shape index (κ1) is 15.4. The van der Waals surface area contributed by atoms with Crippen molar-refractivity contribution in [3.63, 3.8) is 0 Å². The lowest BCUT2D eigenvalue weighted by Gasteiger charge is -2.14. The molecule has 0 radical (unpaired) electrons. The Hall–Kier alpha value is -1.45. The normalized spacial score (nSPS) is 12.4. The number of aliphatic hydroxyl groups is 1. The number of hydrogen-bond acceptors (Lipinski definition) is 1. The van der Waals surface area contributed by atoms with E-state index in [2.05, 4.69) is 4.98 Å². The smallest absolute Gasteiger partial charge is 0.106 e. The molecule has 2 N–H and O–H groups in total. The molecule has 0 spiro atoms. The topological polar surface area (TPSA) is 36.0 Å². The first-order valence-electron chi connectivity index (χ1n) is 6.62. The highest BCUT2D eigenvalue weighted by Gasteiger charge is 2.19. The Balaban J connectivity index is 2.07. The SMILES string of the molecule is O[C@H](c1ccc(Cl)cc1)c1c[nH]cc1-c1c(Cl)cccc1Cl. The monoisotopic (exact) mass is 351 g/mol.